The van der Waals surface area contributed by atoms with Gasteiger partial charge in [0, 0.05) is 51.0 Å². The zero-order valence-electron chi connectivity index (χ0n) is 19.2. The van der Waals surface area contributed by atoms with E-state index in [0.717, 1.165) is 6.54 Å². The van der Waals surface area contributed by atoms with E-state index in [9.17, 15) is 0 Å². The van der Waals surface area contributed by atoms with Crippen molar-refractivity contribution in [3.05, 3.63) is 30.0 Å². The number of rotatable bonds is 4. The van der Waals surface area contributed by atoms with E-state index >= 15 is 8.78 Å². The fourth-order valence-corrected chi connectivity index (χ4v) is 4.29. The summed E-state index contributed by atoms with van der Waals surface area (Å²) in [5.41, 5.74) is 6.47. The van der Waals surface area contributed by atoms with Crippen LogP contribution < -0.4 is 15.5 Å². The van der Waals surface area contributed by atoms with E-state index in [1.807, 2.05) is 16.8 Å². The molecule has 1 aromatic carbocycles. The predicted octanol–water partition coefficient (Wildman–Crippen LogP) is 3.01. The van der Waals surface area contributed by atoms with Gasteiger partial charge in [-0.1, -0.05) is 13.8 Å². The molecule has 174 valence electrons. The largest absolute Gasteiger partial charge is 0.395 e. The maximum Gasteiger partial charge on any atom is 0.226 e. The molecule has 2 unspecified atom stereocenters. The van der Waals surface area contributed by atoms with Crippen molar-refractivity contribution in [3.8, 4) is 11.3 Å². The maximum atomic E-state index is 15.4. The summed E-state index contributed by atoms with van der Waals surface area (Å²) in [7, 11) is 2.04. The molecule has 2 fully saturated rings. The van der Waals surface area contributed by atoms with E-state index in [2.05, 4.69) is 35.6 Å². The Balaban J connectivity index is 1.64. The minimum atomic E-state index is -0.779. The van der Waals surface area contributed by atoms with Crippen LogP contribution in [0.25, 0.3) is 11.3 Å². The second kappa shape index (κ2) is 9.15. The van der Waals surface area contributed by atoms with E-state index in [1.165, 1.54) is 18.3 Å². The van der Waals surface area contributed by atoms with Gasteiger partial charge in [-0.15, -0.1) is 0 Å². The summed E-state index contributed by atoms with van der Waals surface area (Å²) in [6.07, 6.45) is 1.59. The Kier molecular flexibility index (Phi) is 6.48. The Morgan fingerprint density at radius 1 is 1.16 bits per heavy atom. The number of aromatic nitrogens is 2. The summed E-state index contributed by atoms with van der Waals surface area (Å²) >= 11 is 0. The molecule has 0 spiro atoms. The van der Waals surface area contributed by atoms with Crippen LogP contribution in [0.1, 0.15) is 20.8 Å². The lowest BCUT2D eigenvalue weighted by atomic mass is 10.1. The van der Waals surface area contributed by atoms with Gasteiger partial charge in [0.2, 0.25) is 5.95 Å². The lowest BCUT2D eigenvalue weighted by Crippen LogP contribution is -2.50. The standard InChI is InChI=1S/C23H32F2N6O/c1-14(2)19-13-31(9-10-32-19)23-27-6-5-17(28-23)20-16(24)11-18(22(26)21(20)25)30-8-7-29(4)15(3)12-30/h5-6,11,14-15,19H,7-10,12-13,26H2,1-4H3. The van der Waals surface area contributed by atoms with Crippen LogP contribution in [0.4, 0.5) is 26.1 Å². The Morgan fingerprint density at radius 2 is 1.94 bits per heavy atom. The molecule has 9 heteroatoms. The smallest absolute Gasteiger partial charge is 0.226 e. The topological polar surface area (TPSA) is 70.8 Å². The molecule has 2 atom stereocenters. The zero-order valence-corrected chi connectivity index (χ0v) is 19.2. The van der Waals surface area contributed by atoms with Gasteiger partial charge in [-0.3, -0.25) is 0 Å². The van der Waals surface area contributed by atoms with Crippen LogP contribution in [0.5, 0.6) is 0 Å². The van der Waals surface area contributed by atoms with Gasteiger partial charge in [-0.25, -0.2) is 18.7 Å². The highest BCUT2D eigenvalue weighted by molar-refractivity contribution is 5.77. The Hall–Kier alpha value is -2.52. The molecule has 4 rings (SSSR count). The van der Waals surface area contributed by atoms with Crippen molar-refractivity contribution < 1.29 is 13.5 Å². The average molecular weight is 447 g/mol. The van der Waals surface area contributed by atoms with E-state index in [1.54, 1.807) is 0 Å². The summed E-state index contributed by atoms with van der Waals surface area (Å²) in [5, 5.41) is 0. The first-order valence-electron chi connectivity index (χ1n) is 11.2. The summed E-state index contributed by atoms with van der Waals surface area (Å²) in [4.78, 5) is 15.0. The van der Waals surface area contributed by atoms with E-state index in [0.29, 0.717) is 50.3 Å². The number of halogens is 2. The van der Waals surface area contributed by atoms with Gasteiger partial charge in [-0.2, -0.15) is 0 Å². The van der Waals surface area contributed by atoms with Crippen molar-refractivity contribution in [2.24, 2.45) is 5.92 Å². The van der Waals surface area contributed by atoms with Gasteiger partial charge in [-0.05, 0) is 26.0 Å². The monoisotopic (exact) mass is 446 g/mol. The normalized spacial score (nSPS) is 22.6. The molecule has 7 nitrogen and oxygen atoms in total. The van der Waals surface area contributed by atoms with Gasteiger partial charge in [0.1, 0.15) is 5.82 Å². The minimum Gasteiger partial charge on any atom is -0.395 e. The molecule has 2 aliphatic rings. The molecule has 2 saturated heterocycles. The number of nitrogens with zero attached hydrogens (tertiary/aromatic N) is 5. The van der Waals surface area contributed by atoms with Gasteiger partial charge < -0.3 is 25.2 Å². The Morgan fingerprint density at radius 3 is 2.66 bits per heavy atom. The second-order valence-corrected chi connectivity index (χ2v) is 9.10. The number of hydrogen-bond donors (Lipinski definition) is 1. The molecule has 3 heterocycles. The van der Waals surface area contributed by atoms with Crippen molar-refractivity contribution in [3.63, 3.8) is 0 Å². The van der Waals surface area contributed by atoms with Gasteiger partial charge >= 0.3 is 0 Å². The summed E-state index contributed by atoms with van der Waals surface area (Å²) in [6, 6.07) is 3.11. The molecule has 0 aliphatic carbocycles. The third-order valence-electron chi connectivity index (χ3n) is 6.55. The molecule has 2 aromatic rings. The highest BCUT2D eigenvalue weighted by Gasteiger charge is 2.28. The zero-order chi connectivity index (χ0) is 23.0. The number of likely N-dealkylation sites (N-methyl/N-ethyl adjacent to an activating group) is 1. The lowest BCUT2D eigenvalue weighted by Gasteiger charge is -2.39. The van der Waals surface area contributed by atoms with Crippen LogP contribution in [0.3, 0.4) is 0 Å². The molecule has 0 amide bonds. The molecule has 1 aromatic heterocycles. The van der Waals surface area contributed by atoms with Crippen LogP contribution in [0.15, 0.2) is 18.3 Å². The number of piperazine rings is 1. The fraction of sp³-hybridized carbons (Fsp3) is 0.565. The fourth-order valence-electron chi connectivity index (χ4n) is 4.29. The molecule has 2 aliphatic heterocycles. The number of anilines is 3. The molecule has 0 radical (unpaired) electrons. The second-order valence-electron chi connectivity index (χ2n) is 9.10. The molecule has 2 N–H and O–H groups in total. The molecular weight excluding hydrogens is 414 g/mol. The SMILES string of the molecule is CC(C)C1CN(c2nccc(-c3c(F)cc(N4CCN(C)C(C)C4)c(N)c3F)n2)CCO1. The summed E-state index contributed by atoms with van der Waals surface area (Å²) < 4.78 is 36.4. The van der Waals surface area contributed by atoms with Crippen molar-refractivity contribution in [1.82, 2.24) is 14.9 Å². The van der Waals surface area contributed by atoms with Crippen LogP contribution in [-0.4, -0.2) is 73.4 Å². The van der Waals surface area contributed by atoms with E-state index < -0.39 is 11.6 Å². The number of hydrogen-bond acceptors (Lipinski definition) is 7. The minimum absolute atomic E-state index is 0.0513. The van der Waals surface area contributed by atoms with Crippen molar-refractivity contribution in [2.45, 2.75) is 32.9 Å². The molecular formula is C23H32F2N6O. The van der Waals surface area contributed by atoms with Gasteiger partial charge in [0.05, 0.1) is 35.3 Å². The number of ether oxygens (including phenoxy) is 1. The highest BCUT2D eigenvalue weighted by atomic mass is 19.1. The van der Waals surface area contributed by atoms with E-state index in [-0.39, 0.29) is 29.1 Å². The van der Waals surface area contributed by atoms with Crippen molar-refractivity contribution in [2.75, 3.05) is 61.9 Å². The van der Waals surface area contributed by atoms with Gasteiger partial charge in [0.15, 0.2) is 5.82 Å². The first-order valence-corrected chi connectivity index (χ1v) is 11.2. The number of nitrogen functional groups attached to an aromatic ring is 1. The van der Waals surface area contributed by atoms with Crippen LogP contribution in [0.2, 0.25) is 0 Å². The Labute approximate surface area is 188 Å². The molecule has 32 heavy (non-hydrogen) atoms. The molecule has 0 saturated carbocycles. The Bertz CT molecular complexity index is 972. The molecule has 0 bridgehead atoms. The van der Waals surface area contributed by atoms with Crippen LogP contribution in [-0.2, 0) is 4.74 Å². The van der Waals surface area contributed by atoms with Crippen LogP contribution in [0, 0.1) is 17.6 Å². The average Bonchev–Trinajstić information content (AvgIpc) is 2.78. The highest BCUT2D eigenvalue weighted by Crippen LogP contribution is 2.36. The number of nitrogens with two attached hydrogens (primary N) is 1. The van der Waals surface area contributed by atoms with Crippen molar-refractivity contribution in [1.29, 1.82) is 0 Å². The third-order valence-corrected chi connectivity index (χ3v) is 6.55. The first-order chi connectivity index (χ1) is 15.3. The van der Waals surface area contributed by atoms with Crippen molar-refractivity contribution >= 4 is 17.3 Å². The van der Waals surface area contributed by atoms with Crippen LogP contribution >= 0.6 is 0 Å². The first kappa shape index (κ1) is 22.7. The lowest BCUT2D eigenvalue weighted by molar-refractivity contribution is 0.0109. The quantitative estimate of drug-likeness (QED) is 0.724. The maximum absolute atomic E-state index is 15.4. The van der Waals surface area contributed by atoms with E-state index in [4.69, 9.17) is 10.5 Å². The third kappa shape index (κ3) is 4.36. The summed E-state index contributed by atoms with van der Waals surface area (Å²) in [6.45, 7) is 10.2. The summed E-state index contributed by atoms with van der Waals surface area (Å²) in [5.74, 6) is -0.672. The van der Waals surface area contributed by atoms with Gasteiger partial charge in [0.25, 0.3) is 0 Å². The predicted molar refractivity (Wildman–Crippen MR) is 123 cm³/mol. The number of benzene rings is 1. The number of morpholine rings is 1.